The number of aromatic amines is 2. The molecule has 5 aromatic rings. The molecule has 0 spiro atoms. The summed E-state index contributed by atoms with van der Waals surface area (Å²) in [4.78, 5) is 22.3. The summed E-state index contributed by atoms with van der Waals surface area (Å²) in [7, 11) is 1.70. The highest BCUT2D eigenvalue weighted by Gasteiger charge is 2.27. The van der Waals surface area contributed by atoms with Gasteiger partial charge in [0.1, 0.15) is 23.0 Å². The van der Waals surface area contributed by atoms with Crippen LogP contribution in [0.1, 0.15) is 30.9 Å². The number of nitrogens with zero attached hydrogens (tertiary/aromatic N) is 2. The second kappa shape index (κ2) is 7.08. The van der Waals surface area contributed by atoms with Crippen LogP contribution in [0.4, 0.5) is 0 Å². The summed E-state index contributed by atoms with van der Waals surface area (Å²) in [5, 5.41) is 3.17. The van der Waals surface area contributed by atoms with Gasteiger partial charge in [-0.05, 0) is 45.9 Å². The van der Waals surface area contributed by atoms with Gasteiger partial charge in [-0.25, -0.2) is 9.97 Å². The summed E-state index contributed by atoms with van der Waals surface area (Å²) in [6, 6.07) is 12.6. The van der Waals surface area contributed by atoms with Gasteiger partial charge < -0.3 is 19.5 Å². The highest BCUT2D eigenvalue weighted by atomic mass is 16.7. The fourth-order valence-electron chi connectivity index (χ4n) is 5.10. The number of aryl methyl sites for hydroxylation is 2. The predicted molar refractivity (Wildman–Crippen MR) is 131 cm³/mol. The van der Waals surface area contributed by atoms with Gasteiger partial charge in [-0.1, -0.05) is 18.2 Å². The van der Waals surface area contributed by atoms with Crippen LogP contribution in [-0.4, -0.2) is 33.1 Å². The maximum atomic E-state index is 5.85. The fourth-order valence-corrected chi connectivity index (χ4v) is 5.10. The van der Waals surface area contributed by atoms with E-state index in [1.54, 1.807) is 7.11 Å². The summed E-state index contributed by atoms with van der Waals surface area (Å²) < 4.78 is 5.85. The molecule has 7 nitrogen and oxygen atoms in total. The topological polar surface area (TPSA) is 87.8 Å². The molecule has 0 saturated carbocycles. The lowest BCUT2D eigenvalue weighted by Crippen LogP contribution is -2.19. The van der Waals surface area contributed by atoms with E-state index in [0.29, 0.717) is 0 Å². The van der Waals surface area contributed by atoms with Crippen LogP contribution < -0.4 is 10.2 Å². The first-order valence-electron chi connectivity index (χ1n) is 11.1. The first-order valence-corrected chi connectivity index (χ1v) is 11.1. The van der Waals surface area contributed by atoms with Gasteiger partial charge in [-0.3, -0.25) is 0 Å². The zero-order chi connectivity index (χ0) is 22.9. The Hall–Kier alpha value is -3.84. The highest BCUT2D eigenvalue weighted by molar-refractivity contribution is 6.16. The molecule has 0 amide bonds. The molecule has 0 radical (unpaired) electrons. The number of hydrogen-bond acceptors (Lipinski definition) is 5. The van der Waals surface area contributed by atoms with Crippen LogP contribution >= 0.6 is 0 Å². The van der Waals surface area contributed by atoms with Gasteiger partial charge in [0, 0.05) is 44.2 Å². The number of nitrogens with one attached hydrogen (secondary N) is 3. The SMILES string of the molecule is COc1cc2c(cc1C1=C(C)ONC1C)[nH]c1nc(C)nc(-c3c(C)[nH]c4ccccc34)c12. The second-order valence-corrected chi connectivity index (χ2v) is 8.65. The van der Waals surface area contributed by atoms with E-state index in [2.05, 4.69) is 59.6 Å². The molecule has 4 heterocycles. The normalized spacial score (nSPS) is 16.3. The minimum Gasteiger partial charge on any atom is -0.496 e. The van der Waals surface area contributed by atoms with E-state index in [0.717, 1.165) is 78.3 Å². The third-order valence-corrected chi connectivity index (χ3v) is 6.50. The molecule has 0 aliphatic carbocycles. The maximum absolute atomic E-state index is 5.85. The summed E-state index contributed by atoms with van der Waals surface area (Å²) in [5.74, 6) is 2.36. The number of rotatable bonds is 3. The maximum Gasteiger partial charge on any atom is 0.142 e. The number of ether oxygens (including phenoxy) is 1. The fraction of sp³-hybridized carbons (Fsp3) is 0.231. The van der Waals surface area contributed by atoms with Crippen LogP contribution in [0.3, 0.4) is 0 Å². The molecule has 0 saturated heterocycles. The molecular formula is C26H25N5O2. The van der Waals surface area contributed by atoms with Gasteiger partial charge in [0.25, 0.3) is 0 Å². The summed E-state index contributed by atoms with van der Waals surface area (Å²) in [6.07, 6.45) is 0. The van der Waals surface area contributed by atoms with E-state index >= 15 is 0 Å². The van der Waals surface area contributed by atoms with Gasteiger partial charge in [-0.2, -0.15) is 0 Å². The highest BCUT2D eigenvalue weighted by Crippen LogP contribution is 2.42. The number of allylic oxidation sites excluding steroid dienone is 1. The van der Waals surface area contributed by atoms with Crippen LogP contribution in [-0.2, 0) is 4.84 Å². The number of benzene rings is 2. The van der Waals surface area contributed by atoms with Crippen LogP contribution in [0.25, 0.3) is 49.7 Å². The minimum absolute atomic E-state index is 0.0622. The Morgan fingerprint density at radius 1 is 0.970 bits per heavy atom. The lowest BCUT2D eigenvalue weighted by molar-refractivity contribution is 0.122. The summed E-state index contributed by atoms with van der Waals surface area (Å²) >= 11 is 0. The molecule has 166 valence electrons. The lowest BCUT2D eigenvalue weighted by Gasteiger charge is -2.13. The van der Waals surface area contributed by atoms with E-state index in [9.17, 15) is 0 Å². The Morgan fingerprint density at radius 2 is 1.79 bits per heavy atom. The largest absolute Gasteiger partial charge is 0.496 e. The van der Waals surface area contributed by atoms with Crippen molar-refractivity contribution < 1.29 is 9.57 Å². The molecule has 2 aromatic carbocycles. The number of hydroxylamine groups is 1. The van der Waals surface area contributed by atoms with Crippen molar-refractivity contribution in [2.24, 2.45) is 0 Å². The zero-order valence-electron chi connectivity index (χ0n) is 19.3. The smallest absolute Gasteiger partial charge is 0.142 e. The summed E-state index contributed by atoms with van der Waals surface area (Å²) in [6.45, 7) is 8.07. The monoisotopic (exact) mass is 439 g/mol. The minimum atomic E-state index is 0.0622. The van der Waals surface area contributed by atoms with Gasteiger partial charge in [0.2, 0.25) is 0 Å². The van der Waals surface area contributed by atoms with Crippen molar-refractivity contribution in [1.82, 2.24) is 25.4 Å². The third kappa shape index (κ3) is 2.85. The van der Waals surface area contributed by atoms with E-state index in [1.807, 2.05) is 19.9 Å². The Morgan fingerprint density at radius 3 is 2.55 bits per heavy atom. The van der Waals surface area contributed by atoms with Gasteiger partial charge in [-0.15, -0.1) is 5.48 Å². The Balaban J connectivity index is 1.70. The second-order valence-electron chi connectivity index (χ2n) is 8.65. The molecule has 6 rings (SSSR count). The Kier molecular flexibility index (Phi) is 4.25. The van der Waals surface area contributed by atoms with Gasteiger partial charge >= 0.3 is 0 Å². The number of hydrogen-bond donors (Lipinski definition) is 3. The number of fused-ring (bicyclic) bond motifs is 4. The lowest BCUT2D eigenvalue weighted by atomic mass is 9.96. The van der Waals surface area contributed by atoms with Crippen LogP contribution in [0.5, 0.6) is 5.75 Å². The first kappa shape index (κ1) is 19.8. The van der Waals surface area contributed by atoms with Gasteiger partial charge in [0.05, 0.1) is 24.2 Å². The van der Waals surface area contributed by atoms with Crippen molar-refractivity contribution in [3.63, 3.8) is 0 Å². The molecule has 1 aliphatic heterocycles. The van der Waals surface area contributed by atoms with Crippen molar-refractivity contribution in [2.75, 3.05) is 7.11 Å². The molecular weight excluding hydrogens is 414 g/mol. The van der Waals surface area contributed by atoms with E-state index in [1.165, 1.54) is 0 Å². The predicted octanol–water partition coefficient (Wildman–Crippen LogP) is 5.54. The number of H-pyrrole nitrogens is 2. The zero-order valence-corrected chi connectivity index (χ0v) is 19.3. The van der Waals surface area contributed by atoms with E-state index < -0.39 is 0 Å². The molecule has 0 fully saturated rings. The third-order valence-electron chi connectivity index (χ3n) is 6.50. The van der Waals surface area contributed by atoms with Crippen LogP contribution in [0.15, 0.2) is 42.2 Å². The molecule has 1 unspecified atom stereocenters. The first-order chi connectivity index (χ1) is 16.0. The van der Waals surface area contributed by atoms with E-state index in [-0.39, 0.29) is 6.04 Å². The molecule has 33 heavy (non-hydrogen) atoms. The van der Waals surface area contributed by atoms with Crippen molar-refractivity contribution in [1.29, 1.82) is 0 Å². The van der Waals surface area contributed by atoms with Crippen molar-refractivity contribution in [2.45, 2.75) is 33.7 Å². The van der Waals surface area contributed by atoms with Crippen molar-refractivity contribution in [3.05, 3.63) is 59.2 Å². The molecule has 3 N–H and O–H groups in total. The average Bonchev–Trinajstić information content (AvgIpc) is 3.43. The Labute approximate surface area is 190 Å². The van der Waals surface area contributed by atoms with Gasteiger partial charge in [0.15, 0.2) is 0 Å². The molecule has 7 heteroatoms. The van der Waals surface area contributed by atoms with E-state index in [4.69, 9.17) is 19.5 Å². The number of aromatic nitrogens is 4. The molecule has 1 atom stereocenters. The Bertz CT molecular complexity index is 1610. The average molecular weight is 440 g/mol. The quantitative estimate of drug-likeness (QED) is 0.344. The number of methoxy groups -OCH3 is 1. The molecule has 0 bridgehead atoms. The van der Waals surface area contributed by atoms with Crippen molar-refractivity contribution in [3.8, 4) is 17.0 Å². The summed E-state index contributed by atoms with van der Waals surface area (Å²) in [5.41, 5.74) is 11.1. The standard InChI is InChI=1S/C26H25N5O2/c1-12-23(16-8-6-7-9-19(16)27-12)25-24-17-11-21(32-5)18(22-13(2)31-33-14(22)3)10-20(17)30-26(24)29-15(4)28-25/h6-11,13,27,31H,1-5H3,(H,28,29,30). The van der Waals surface area contributed by atoms with Crippen molar-refractivity contribution >= 4 is 38.4 Å². The van der Waals surface area contributed by atoms with Crippen LogP contribution in [0.2, 0.25) is 0 Å². The molecule has 1 aliphatic rings. The van der Waals surface area contributed by atoms with Crippen LogP contribution in [0, 0.1) is 13.8 Å². The molecule has 3 aromatic heterocycles. The number of para-hydroxylation sites is 1.